The van der Waals surface area contributed by atoms with E-state index in [1.807, 2.05) is 36.4 Å². The summed E-state index contributed by atoms with van der Waals surface area (Å²) in [6.45, 7) is 0. The van der Waals surface area contributed by atoms with Gasteiger partial charge < -0.3 is 4.74 Å². The molecular weight excluding hydrogens is 320 g/mol. The summed E-state index contributed by atoms with van der Waals surface area (Å²) in [4.78, 5) is 12.6. The largest absolute Gasteiger partial charge is 0.457 e. The number of hydrogen-bond donors (Lipinski definition) is 0. The van der Waals surface area contributed by atoms with Crippen LogP contribution in [0, 0.1) is 0 Å². The van der Waals surface area contributed by atoms with E-state index in [-0.39, 0.29) is 11.7 Å². The van der Waals surface area contributed by atoms with E-state index >= 15 is 0 Å². The summed E-state index contributed by atoms with van der Waals surface area (Å²) in [5.74, 6) is 1.51. The highest BCUT2D eigenvalue weighted by atomic mass is 35.5. The number of hydrogen-bond acceptors (Lipinski definition) is 2. The molecule has 24 heavy (non-hydrogen) atoms. The number of fused-ring (bicyclic) bond motifs is 1. The van der Waals surface area contributed by atoms with E-state index < -0.39 is 0 Å². The predicted octanol–water partition coefficient (Wildman–Crippen LogP) is 5.85. The molecule has 3 heteroatoms. The Morgan fingerprint density at radius 2 is 1.62 bits per heavy atom. The fourth-order valence-corrected chi connectivity index (χ4v) is 3.36. The highest BCUT2D eigenvalue weighted by Crippen LogP contribution is 2.42. The Morgan fingerprint density at radius 3 is 2.38 bits per heavy atom. The Labute approximate surface area is 145 Å². The van der Waals surface area contributed by atoms with Crippen LogP contribution in [0.5, 0.6) is 11.5 Å². The third-order valence-electron chi connectivity index (χ3n) is 4.35. The lowest BCUT2D eigenvalue weighted by atomic mass is 9.93. The molecule has 0 heterocycles. The van der Waals surface area contributed by atoms with E-state index in [2.05, 4.69) is 12.1 Å². The second kappa shape index (κ2) is 6.14. The lowest BCUT2D eigenvalue weighted by Gasteiger charge is -2.13. The van der Waals surface area contributed by atoms with E-state index in [1.54, 1.807) is 24.3 Å². The number of carbonyl (C=O) groups excluding carboxylic acids is 1. The standard InChI is InChI=1S/C21H15ClO2/c22-15-9-11-16(12-10-15)24-20-8-4-7-17-18(13-19(23)21(17)20)14-5-2-1-3-6-14/h1-12,18H,13H2. The molecule has 0 aliphatic heterocycles. The van der Waals surface area contributed by atoms with Crippen molar-refractivity contribution in [3.8, 4) is 11.5 Å². The lowest BCUT2D eigenvalue weighted by Crippen LogP contribution is -1.96. The molecule has 0 radical (unpaired) electrons. The molecule has 1 atom stereocenters. The third kappa shape index (κ3) is 2.70. The van der Waals surface area contributed by atoms with Crippen molar-refractivity contribution >= 4 is 17.4 Å². The van der Waals surface area contributed by atoms with Gasteiger partial charge in [0.1, 0.15) is 11.5 Å². The molecule has 0 fully saturated rings. The van der Waals surface area contributed by atoms with Gasteiger partial charge in [-0.25, -0.2) is 0 Å². The van der Waals surface area contributed by atoms with Crippen LogP contribution in [0.25, 0.3) is 0 Å². The fourth-order valence-electron chi connectivity index (χ4n) is 3.23. The van der Waals surface area contributed by atoms with Gasteiger partial charge in [0.15, 0.2) is 5.78 Å². The molecule has 0 N–H and O–H groups in total. The smallest absolute Gasteiger partial charge is 0.167 e. The summed E-state index contributed by atoms with van der Waals surface area (Å²) in [5.41, 5.74) is 2.90. The van der Waals surface area contributed by atoms with Crippen molar-refractivity contribution in [1.82, 2.24) is 0 Å². The summed E-state index contributed by atoms with van der Waals surface area (Å²) < 4.78 is 5.95. The highest BCUT2D eigenvalue weighted by Gasteiger charge is 2.33. The van der Waals surface area contributed by atoms with Crippen molar-refractivity contribution in [3.05, 3.63) is 94.5 Å². The Bertz CT molecular complexity index is 885. The maximum atomic E-state index is 12.6. The summed E-state index contributed by atoms with van der Waals surface area (Å²) in [7, 11) is 0. The molecule has 1 aliphatic rings. The van der Waals surface area contributed by atoms with E-state index in [0.717, 1.165) is 11.1 Å². The van der Waals surface area contributed by atoms with Gasteiger partial charge >= 0.3 is 0 Å². The average molecular weight is 335 g/mol. The van der Waals surface area contributed by atoms with Crippen LogP contribution < -0.4 is 4.74 Å². The van der Waals surface area contributed by atoms with Gasteiger partial charge in [0, 0.05) is 17.4 Å². The molecule has 0 amide bonds. The molecule has 0 spiro atoms. The monoisotopic (exact) mass is 334 g/mol. The molecule has 2 nitrogen and oxygen atoms in total. The number of carbonyl (C=O) groups is 1. The van der Waals surface area contributed by atoms with Gasteiger partial charge in [0.05, 0.1) is 5.56 Å². The van der Waals surface area contributed by atoms with Crippen LogP contribution in [0.4, 0.5) is 0 Å². The number of rotatable bonds is 3. The predicted molar refractivity (Wildman–Crippen MR) is 95.2 cm³/mol. The normalized spacial score (nSPS) is 16.0. The van der Waals surface area contributed by atoms with Gasteiger partial charge in [0.2, 0.25) is 0 Å². The minimum Gasteiger partial charge on any atom is -0.457 e. The Morgan fingerprint density at radius 1 is 0.875 bits per heavy atom. The van der Waals surface area contributed by atoms with Crippen LogP contribution in [0.15, 0.2) is 72.8 Å². The Balaban J connectivity index is 1.73. The molecule has 0 saturated heterocycles. The Hall–Kier alpha value is -2.58. The van der Waals surface area contributed by atoms with Crippen LogP contribution in [0.1, 0.15) is 33.8 Å². The quantitative estimate of drug-likeness (QED) is 0.600. The van der Waals surface area contributed by atoms with E-state index in [0.29, 0.717) is 28.5 Å². The first-order chi connectivity index (χ1) is 11.7. The van der Waals surface area contributed by atoms with Crippen LogP contribution in [0.2, 0.25) is 5.02 Å². The first-order valence-corrected chi connectivity index (χ1v) is 8.24. The lowest BCUT2D eigenvalue weighted by molar-refractivity contribution is 0.0989. The van der Waals surface area contributed by atoms with Crippen LogP contribution >= 0.6 is 11.6 Å². The number of halogens is 1. The van der Waals surface area contributed by atoms with Gasteiger partial charge in [-0.15, -0.1) is 0 Å². The molecular formula is C21H15ClO2. The van der Waals surface area contributed by atoms with Crippen molar-refractivity contribution in [1.29, 1.82) is 0 Å². The number of ketones is 1. The van der Waals surface area contributed by atoms with Crippen molar-refractivity contribution in [2.75, 3.05) is 0 Å². The summed E-state index contributed by atoms with van der Waals surface area (Å²) in [6.07, 6.45) is 0.486. The number of ether oxygens (including phenoxy) is 1. The molecule has 3 aromatic rings. The van der Waals surface area contributed by atoms with Gasteiger partial charge in [-0.3, -0.25) is 4.79 Å². The highest BCUT2D eigenvalue weighted by molar-refractivity contribution is 6.30. The van der Waals surface area contributed by atoms with E-state index in [4.69, 9.17) is 16.3 Å². The van der Waals surface area contributed by atoms with E-state index in [9.17, 15) is 4.79 Å². The zero-order valence-electron chi connectivity index (χ0n) is 12.9. The van der Waals surface area contributed by atoms with Crippen LogP contribution in [0.3, 0.4) is 0 Å². The van der Waals surface area contributed by atoms with Crippen molar-refractivity contribution in [2.45, 2.75) is 12.3 Å². The molecule has 0 bridgehead atoms. The average Bonchev–Trinajstić information content (AvgIpc) is 2.96. The summed E-state index contributed by atoms with van der Waals surface area (Å²) >= 11 is 5.91. The first-order valence-electron chi connectivity index (χ1n) is 7.87. The first kappa shape index (κ1) is 15.0. The summed E-state index contributed by atoms with van der Waals surface area (Å²) in [5, 5.41) is 0.654. The Kier molecular flexibility index (Phi) is 3.83. The van der Waals surface area contributed by atoms with E-state index in [1.165, 1.54) is 0 Å². The van der Waals surface area contributed by atoms with Gasteiger partial charge in [-0.05, 0) is 41.5 Å². The molecule has 0 aromatic heterocycles. The number of benzene rings is 3. The molecule has 118 valence electrons. The zero-order chi connectivity index (χ0) is 16.5. The minimum atomic E-state index is 0.0995. The van der Waals surface area contributed by atoms with Crippen molar-refractivity contribution in [2.24, 2.45) is 0 Å². The molecule has 4 rings (SSSR count). The number of Topliss-reactive ketones (excluding diaryl/α,β-unsaturated/α-hetero) is 1. The second-order valence-electron chi connectivity index (χ2n) is 5.87. The fraction of sp³-hybridized carbons (Fsp3) is 0.0952. The second-order valence-corrected chi connectivity index (χ2v) is 6.30. The molecule has 1 unspecified atom stereocenters. The minimum absolute atomic E-state index is 0.0995. The van der Waals surface area contributed by atoms with Gasteiger partial charge in [-0.2, -0.15) is 0 Å². The van der Waals surface area contributed by atoms with Crippen molar-refractivity contribution < 1.29 is 9.53 Å². The summed E-state index contributed by atoms with van der Waals surface area (Å²) in [6, 6.07) is 23.1. The third-order valence-corrected chi connectivity index (χ3v) is 4.60. The molecule has 1 aliphatic carbocycles. The maximum Gasteiger partial charge on any atom is 0.167 e. The van der Waals surface area contributed by atoms with Crippen molar-refractivity contribution in [3.63, 3.8) is 0 Å². The van der Waals surface area contributed by atoms with Gasteiger partial charge in [-0.1, -0.05) is 54.1 Å². The van der Waals surface area contributed by atoms with Crippen LogP contribution in [-0.2, 0) is 0 Å². The topological polar surface area (TPSA) is 26.3 Å². The molecule has 3 aromatic carbocycles. The molecule has 0 saturated carbocycles. The maximum absolute atomic E-state index is 12.6. The SMILES string of the molecule is O=C1CC(c2ccccc2)c2cccc(Oc3ccc(Cl)cc3)c21. The van der Waals surface area contributed by atoms with Crippen LogP contribution in [-0.4, -0.2) is 5.78 Å². The zero-order valence-corrected chi connectivity index (χ0v) is 13.7. The van der Waals surface area contributed by atoms with Gasteiger partial charge in [0.25, 0.3) is 0 Å².